The van der Waals surface area contributed by atoms with E-state index in [9.17, 15) is 116 Å². The molecular formula is C24H8F24N2O3. The van der Waals surface area contributed by atoms with Gasteiger partial charge < -0.3 is 14.9 Å². The molecule has 0 spiro atoms. The predicted molar refractivity (Wildman–Crippen MR) is 123 cm³/mol. The second-order valence-electron chi connectivity index (χ2n) is 9.78. The van der Waals surface area contributed by atoms with E-state index in [1.54, 1.807) is 9.98 Å². The maximum atomic E-state index is 13.6. The van der Waals surface area contributed by atoms with Gasteiger partial charge in [0, 0.05) is 11.1 Å². The Kier molecular flexibility index (Phi) is 11.3. The first-order valence-electron chi connectivity index (χ1n) is 12.3. The van der Waals surface area contributed by atoms with Crippen LogP contribution in [-0.2, 0) is 11.2 Å². The van der Waals surface area contributed by atoms with Crippen molar-refractivity contribution in [1.29, 1.82) is 0 Å². The maximum Gasteiger partial charge on any atom is 0.438 e. The zero-order chi connectivity index (χ0) is 42.0. The SMILES string of the molecule is OC(c1cc(Oc2ccc(N=C(C(F)(F)F)C(F)(F)F)c(C(O)(C(F)(F)F)C(F)(F)F)c2)ccc1N=C(C(F)(F)F)C(F)(F)F)(C(F)(F)F)C(F)(F)F. The largest absolute Gasteiger partial charge is 0.457 e. The molecular weight excluding hydrogens is 820 g/mol. The highest BCUT2D eigenvalue weighted by molar-refractivity contribution is 5.97. The molecule has 0 aliphatic rings. The van der Waals surface area contributed by atoms with E-state index in [0.717, 1.165) is 0 Å². The number of hydrogen-bond donors (Lipinski definition) is 2. The Balaban J connectivity index is 3.13. The summed E-state index contributed by atoms with van der Waals surface area (Å²) in [4.78, 5) is 3.38. The van der Waals surface area contributed by atoms with Crippen LogP contribution in [0.25, 0.3) is 0 Å². The fraction of sp³-hybridized carbons (Fsp3) is 0.417. The van der Waals surface area contributed by atoms with Crippen molar-refractivity contribution in [2.24, 2.45) is 9.98 Å². The third kappa shape index (κ3) is 8.97. The number of halogens is 24. The summed E-state index contributed by atoms with van der Waals surface area (Å²) in [5.74, 6) is -3.80. The number of hydrogen-bond acceptors (Lipinski definition) is 5. The monoisotopic (exact) mass is 828 g/mol. The molecule has 0 radical (unpaired) electrons. The molecule has 2 aromatic rings. The number of benzene rings is 2. The zero-order valence-electron chi connectivity index (χ0n) is 23.7. The number of nitrogens with zero attached hydrogens (tertiary/aromatic N) is 2. The van der Waals surface area contributed by atoms with Crippen LogP contribution in [0.5, 0.6) is 11.5 Å². The van der Waals surface area contributed by atoms with E-state index in [4.69, 9.17) is 0 Å². The van der Waals surface area contributed by atoms with Crippen molar-refractivity contribution < 1.29 is 120 Å². The molecule has 300 valence electrons. The molecule has 53 heavy (non-hydrogen) atoms. The van der Waals surface area contributed by atoms with Crippen molar-refractivity contribution in [3.8, 4) is 11.5 Å². The predicted octanol–water partition coefficient (Wildman–Crippen LogP) is 10.5. The van der Waals surface area contributed by atoms with Gasteiger partial charge in [-0.3, -0.25) is 0 Å². The van der Waals surface area contributed by atoms with Crippen LogP contribution in [0, 0.1) is 0 Å². The molecule has 0 aliphatic heterocycles. The van der Waals surface area contributed by atoms with Gasteiger partial charge in [-0.1, -0.05) is 0 Å². The minimum Gasteiger partial charge on any atom is -0.457 e. The van der Waals surface area contributed by atoms with Gasteiger partial charge >= 0.3 is 49.4 Å². The van der Waals surface area contributed by atoms with Gasteiger partial charge in [0.15, 0.2) is 0 Å². The van der Waals surface area contributed by atoms with E-state index in [1.807, 2.05) is 0 Å². The van der Waals surface area contributed by atoms with Crippen molar-refractivity contribution in [1.82, 2.24) is 0 Å². The topological polar surface area (TPSA) is 74.4 Å². The first-order valence-corrected chi connectivity index (χ1v) is 12.3. The second kappa shape index (κ2) is 13.3. The van der Waals surface area contributed by atoms with Gasteiger partial charge in [0.1, 0.15) is 11.5 Å². The first-order chi connectivity index (χ1) is 23.1. The van der Waals surface area contributed by atoms with Gasteiger partial charge in [-0.05, 0) is 36.4 Å². The second-order valence-corrected chi connectivity index (χ2v) is 9.78. The van der Waals surface area contributed by atoms with Crippen LogP contribution in [0.1, 0.15) is 11.1 Å². The highest BCUT2D eigenvalue weighted by Crippen LogP contribution is 2.55. The Morgan fingerprint density at radius 3 is 0.811 bits per heavy atom. The third-order valence-electron chi connectivity index (χ3n) is 6.13. The van der Waals surface area contributed by atoms with Crippen molar-refractivity contribution in [3.05, 3.63) is 47.5 Å². The number of aliphatic imine (C=N–C) groups is 2. The molecule has 0 aromatic heterocycles. The molecule has 5 nitrogen and oxygen atoms in total. The number of alkyl halides is 24. The minimum atomic E-state index is -7.16. The van der Waals surface area contributed by atoms with Crippen LogP contribution in [0.15, 0.2) is 46.4 Å². The van der Waals surface area contributed by atoms with Crippen molar-refractivity contribution >= 4 is 22.8 Å². The summed E-state index contributed by atoms with van der Waals surface area (Å²) >= 11 is 0. The number of aliphatic hydroxyl groups is 2. The van der Waals surface area contributed by atoms with Crippen molar-refractivity contribution in [3.63, 3.8) is 0 Å². The summed E-state index contributed by atoms with van der Waals surface area (Å²) in [6.07, 6.45) is -55.5. The maximum absolute atomic E-state index is 13.6. The van der Waals surface area contributed by atoms with Gasteiger partial charge in [0.05, 0.1) is 11.4 Å². The van der Waals surface area contributed by atoms with Crippen LogP contribution in [-0.4, -0.2) is 71.0 Å². The average Bonchev–Trinajstić information content (AvgIpc) is 2.89. The van der Waals surface area contributed by atoms with Gasteiger partial charge in [0.2, 0.25) is 11.4 Å². The summed E-state index contributed by atoms with van der Waals surface area (Å²) in [7, 11) is 0. The molecule has 2 rings (SSSR count). The Labute approximate surface area is 273 Å². The Morgan fingerprint density at radius 1 is 0.396 bits per heavy atom. The molecule has 0 heterocycles. The van der Waals surface area contributed by atoms with Crippen molar-refractivity contribution in [2.75, 3.05) is 0 Å². The van der Waals surface area contributed by atoms with Crippen LogP contribution >= 0.6 is 0 Å². The number of ether oxygens (including phenoxy) is 1. The molecule has 0 saturated carbocycles. The number of rotatable bonds is 6. The molecule has 2 aromatic carbocycles. The molecule has 0 saturated heterocycles. The Morgan fingerprint density at radius 2 is 0.623 bits per heavy atom. The van der Waals surface area contributed by atoms with Crippen LogP contribution in [0.3, 0.4) is 0 Å². The summed E-state index contributed by atoms with van der Waals surface area (Å²) < 4.78 is 324. The molecule has 2 N–H and O–H groups in total. The molecule has 0 fully saturated rings. The normalized spacial score (nSPS) is 14.6. The lowest BCUT2D eigenvalue weighted by atomic mass is 9.90. The van der Waals surface area contributed by atoms with Crippen LogP contribution in [0.4, 0.5) is 117 Å². The van der Waals surface area contributed by atoms with Gasteiger partial charge in [-0.25, -0.2) is 9.98 Å². The Bertz CT molecular complexity index is 1530. The molecule has 0 amide bonds. The summed E-state index contributed by atoms with van der Waals surface area (Å²) in [6, 6.07) is -3.66. The quantitative estimate of drug-likeness (QED) is 0.225. The highest BCUT2D eigenvalue weighted by Gasteiger charge is 2.73. The lowest BCUT2D eigenvalue weighted by molar-refractivity contribution is -0.376. The fourth-order valence-corrected chi connectivity index (χ4v) is 3.82. The van der Waals surface area contributed by atoms with Crippen LogP contribution < -0.4 is 4.74 Å². The molecule has 0 atom stereocenters. The van der Waals surface area contributed by atoms with E-state index >= 15 is 0 Å². The molecule has 0 unspecified atom stereocenters. The lowest BCUT2D eigenvalue weighted by Crippen LogP contribution is -2.54. The van der Waals surface area contributed by atoms with Crippen molar-refractivity contribution in [2.45, 2.75) is 60.6 Å². The Hall–Kier alpha value is -4.18. The van der Waals surface area contributed by atoms with E-state index in [0.29, 0.717) is 0 Å². The first kappa shape index (κ1) is 45.0. The summed E-state index contributed by atoms with van der Waals surface area (Å²) in [5.41, 5.74) is -32.7. The van der Waals surface area contributed by atoms with E-state index in [2.05, 4.69) is 4.74 Å². The summed E-state index contributed by atoms with van der Waals surface area (Å²) in [5, 5.41) is 19.4. The zero-order valence-corrected chi connectivity index (χ0v) is 23.7. The van der Waals surface area contributed by atoms with Crippen LogP contribution in [0.2, 0.25) is 0 Å². The minimum absolute atomic E-state index is 0.267. The van der Waals surface area contributed by atoms with E-state index < -0.39 is 130 Å². The van der Waals surface area contributed by atoms with E-state index in [1.165, 1.54) is 0 Å². The lowest BCUT2D eigenvalue weighted by Gasteiger charge is -2.34. The highest BCUT2D eigenvalue weighted by atomic mass is 19.4. The fourth-order valence-electron chi connectivity index (χ4n) is 3.82. The average molecular weight is 828 g/mol. The van der Waals surface area contributed by atoms with Gasteiger partial charge in [0.25, 0.3) is 11.2 Å². The van der Waals surface area contributed by atoms with Gasteiger partial charge in [-0.15, -0.1) is 0 Å². The summed E-state index contributed by atoms with van der Waals surface area (Å²) in [6.45, 7) is 0. The molecule has 29 heteroatoms. The smallest absolute Gasteiger partial charge is 0.438 e. The molecule has 0 aliphatic carbocycles. The van der Waals surface area contributed by atoms with Gasteiger partial charge in [-0.2, -0.15) is 105 Å². The molecule has 0 bridgehead atoms. The van der Waals surface area contributed by atoms with E-state index in [-0.39, 0.29) is 12.1 Å². The third-order valence-corrected chi connectivity index (χ3v) is 6.13. The standard InChI is InChI=1S/C24H8F24N2O3/c25-17(26,27)13(18(28,29)30)49-11-3-1-7(5-9(11)15(51,21(37,38)39)22(40,41)42)53-8-2-4-12(50-14(19(31,32)33)20(34,35)36)10(6-8)16(52,23(43,44)45)24(46,47)48/h1-6,51-52H.